The van der Waals surface area contributed by atoms with Crippen LogP contribution in [0.2, 0.25) is 0 Å². The molecule has 10 heteroatoms. The summed E-state index contributed by atoms with van der Waals surface area (Å²) in [5.74, 6) is -0.253. The van der Waals surface area contributed by atoms with Gasteiger partial charge in [0.1, 0.15) is 18.2 Å². The van der Waals surface area contributed by atoms with Crippen molar-refractivity contribution in [2.24, 2.45) is 7.05 Å². The van der Waals surface area contributed by atoms with E-state index >= 15 is 0 Å². The van der Waals surface area contributed by atoms with Gasteiger partial charge < -0.3 is 10.1 Å². The monoisotopic (exact) mass is 354 g/mol. The highest BCUT2D eigenvalue weighted by Gasteiger charge is 2.09. The topological polar surface area (TPSA) is 117 Å². The highest BCUT2D eigenvalue weighted by atomic mass is 19.1. The molecule has 2 heterocycles. The van der Waals surface area contributed by atoms with Crippen LogP contribution in [0.15, 0.2) is 30.6 Å². The lowest BCUT2D eigenvalue weighted by Gasteiger charge is -2.09. The van der Waals surface area contributed by atoms with Gasteiger partial charge in [-0.3, -0.25) is 4.68 Å². The van der Waals surface area contributed by atoms with E-state index in [9.17, 15) is 4.39 Å². The van der Waals surface area contributed by atoms with Crippen molar-refractivity contribution in [3.8, 4) is 11.8 Å². The molecule has 3 aromatic rings. The predicted octanol–water partition coefficient (Wildman–Crippen LogP) is 1.94. The Bertz CT molecular complexity index is 971. The molecule has 26 heavy (non-hydrogen) atoms. The molecule has 1 aromatic carbocycles. The number of benzene rings is 1. The zero-order valence-corrected chi connectivity index (χ0v) is 14.1. The van der Waals surface area contributed by atoms with Crippen LogP contribution >= 0.6 is 0 Å². The van der Waals surface area contributed by atoms with E-state index in [1.807, 2.05) is 20.0 Å². The lowest BCUT2D eigenvalue weighted by atomic mass is 10.2. The quantitative estimate of drug-likeness (QED) is 0.650. The minimum absolute atomic E-state index is 0.126. The number of rotatable bonds is 6. The van der Waals surface area contributed by atoms with Crippen molar-refractivity contribution >= 4 is 11.3 Å². The number of ether oxygens (including phenoxy) is 1. The summed E-state index contributed by atoms with van der Waals surface area (Å²) >= 11 is 0. The molecule has 0 bridgehead atoms. The molecule has 0 aliphatic rings. The first kappa shape index (κ1) is 17.1. The molecule has 2 N–H and O–H groups in total. The number of aromatic amines is 1. The number of halogens is 1. The molecule has 0 unspecified atom stereocenters. The summed E-state index contributed by atoms with van der Waals surface area (Å²) in [6.07, 6.45) is 3.06. The van der Waals surface area contributed by atoms with Crippen LogP contribution in [0.25, 0.3) is 5.57 Å². The van der Waals surface area contributed by atoms with Crippen molar-refractivity contribution in [3.63, 3.8) is 0 Å². The largest absolute Gasteiger partial charge is 0.486 e. The number of allylic oxidation sites excluding steroid dienone is 1. The molecular weight excluding hydrogens is 339 g/mol. The first-order valence-corrected chi connectivity index (χ1v) is 7.59. The van der Waals surface area contributed by atoms with Crippen molar-refractivity contribution in [3.05, 3.63) is 53.5 Å². The van der Waals surface area contributed by atoms with Crippen LogP contribution in [0.3, 0.4) is 0 Å². The van der Waals surface area contributed by atoms with Crippen molar-refractivity contribution < 1.29 is 9.13 Å². The van der Waals surface area contributed by atoms with Crippen LogP contribution < -0.4 is 10.1 Å². The molecule has 132 valence electrons. The van der Waals surface area contributed by atoms with Gasteiger partial charge in [-0.25, -0.2) is 4.39 Å². The third kappa shape index (κ3) is 3.67. The second-order valence-electron chi connectivity index (χ2n) is 5.36. The number of tetrazole rings is 1. The fourth-order valence-electron chi connectivity index (χ4n) is 2.13. The number of nitriles is 1. The van der Waals surface area contributed by atoms with Crippen molar-refractivity contribution in [1.82, 2.24) is 30.4 Å². The second kappa shape index (κ2) is 7.43. The number of hydrogen-bond donors (Lipinski definition) is 2. The van der Waals surface area contributed by atoms with Gasteiger partial charge in [0.15, 0.2) is 11.6 Å². The van der Waals surface area contributed by atoms with E-state index in [-0.39, 0.29) is 23.8 Å². The Morgan fingerprint density at radius 2 is 2.35 bits per heavy atom. The standard InChI is InChI=1S/C16H15FN8O/c1-10-12(8-20-25(10)2)9-26-15-4-3-13(5-14(15)17)19-7-11(6-18)16-21-23-24-22-16/h3-5,7-8,19H,9H2,1-2H3,(H,21,22,23,24). The van der Waals surface area contributed by atoms with Crippen LogP contribution in [-0.2, 0) is 13.7 Å². The predicted molar refractivity (Wildman–Crippen MR) is 90.1 cm³/mol. The Morgan fingerprint density at radius 1 is 1.50 bits per heavy atom. The number of nitrogens with one attached hydrogen (secondary N) is 2. The highest BCUT2D eigenvalue weighted by Crippen LogP contribution is 2.23. The van der Waals surface area contributed by atoms with E-state index in [4.69, 9.17) is 10.00 Å². The smallest absolute Gasteiger partial charge is 0.216 e. The van der Waals surface area contributed by atoms with Crippen LogP contribution in [-0.4, -0.2) is 30.4 Å². The summed E-state index contributed by atoms with van der Waals surface area (Å²) < 4.78 is 21.5. The summed E-state index contributed by atoms with van der Waals surface area (Å²) in [7, 11) is 1.83. The molecule has 0 atom stereocenters. The van der Waals surface area contributed by atoms with Crippen LogP contribution in [0, 0.1) is 24.1 Å². The van der Waals surface area contributed by atoms with Gasteiger partial charge in [-0.15, -0.1) is 10.2 Å². The third-order valence-corrected chi connectivity index (χ3v) is 3.74. The van der Waals surface area contributed by atoms with Gasteiger partial charge in [-0.1, -0.05) is 0 Å². The van der Waals surface area contributed by atoms with Crippen LogP contribution in [0.1, 0.15) is 17.1 Å². The lowest BCUT2D eigenvalue weighted by Crippen LogP contribution is -2.00. The molecular formula is C16H15FN8O. The zero-order chi connectivity index (χ0) is 18.5. The van der Waals surface area contributed by atoms with E-state index < -0.39 is 5.82 Å². The van der Waals surface area contributed by atoms with Gasteiger partial charge in [0.25, 0.3) is 0 Å². The Hall–Kier alpha value is -3.74. The maximum atomic E-state index is 14.2. The maximum Gasteiger partial charge on any atom is 0.216 e. The summed E-state index contributed by atoms with van der Waals surface area (Å²) in [6, 6.07) is 6.35. The first-order chi connectivity index (χ1) is 12.6. The second-order valence-corrected chi connectivity index (χ2v) is 5.36. The maximum absolute atomic E-state index is 14.2. The van der Waals surface area contributed by atoms with Gasteiger partial charge >= 0.3 is 0 Å². The first-order valence-electron chi connectivity index (χ1n) is 7.59. The summed E-state index contributed by atoms with van der Waals surface area (Å²) in [4.78, 5) is 0. The van der Waals surface area contributed by atoms with E-state index in [0.717, 1.165) is 11.3 Å². The molecule has 3 rings (SSSR count). The molecule has 0 saturated carbocycles. The van der Waals surface area contributed by atoms with Gasteiger partial charge in [0, 0.05) is 36.3 Å². The Balaban J connectivity index is 1.67. The van der Waals surface area contributed by atoms with Crippen LogP contribution in [0.5, 0.6) is 5.75 Å². The number of hydrogen-bond acceptors (Lipinski definition) is 7. The molecule has 0 fully saturated rings. The third-order valence-electron chi connectivity index (χ3n) is 3.74. The van der Waals surface area contributed by atoms with E-state index in [2.05, 4.69) is 31.0 Å². The Kier molecular flexibility index (Phi) is 4.89. The summed E-state index contributed by atoms with van der Waals surface area (Å²) in [6.45, 7) is 2.14. The van der Waals surface area contributed by atoms with Crippen molar-refractivity contribution in [2.45, 2.75) is 13.5 Å². The Labute approximate surface area is 148 Å². The average Bonchev–Trinajstić information content (AvgIpc) is 3.27. The number of aryl methyl sites for hydroxylation is 1. The van der Waals surface area contributed by atoms with Gasteiger partial charge in [-0.05, 0) is 24.3 Å². The minimum atomic E-state index is -0.525. The number of anilines is 1. The molecule has 0 radical (unpaired) electrons. The fraction of sp³-hybridized carbons (Fsp3) is 0.188. The highest BCUT2D eigenvalue weighted by molar-refractivity contribution is 5.74. The molecule has 2 aromatic heterocycles. The van der Waals surface area contributed by atoms with Gasteiger partial charge in [0.2, 0.25) is 5.82 Å². The molecule has 0 amide bonds. The van der Waals surface area contributed by atoms with Gasteiger partial charge in [0.05, 0.1) is 6.20 Å². The molecule has 0 aliphatic heterocycles. The van der Waals surface area contributed by atoms with E-state index in [1.54, 1.807) is 16.9 Å². The fourth-order valence-corrected chi connectivity index (χ4v) is 2.13. The number of aromatic nitrogens is 6. The average molecular weight is 354 g/mol. The van der Waals surface area contributed by atoms with Crippen LogP contribution in [0.4, 0.5) is 10.1 Å². The van der Waals surface area contributed by atoms with E-state index in [1.165, 1.54) is 18.3 Å². The Morgan fingerprint density at radius 3 is 2.96 bits per heavy atom. The lowest BCUT2D eigenvalue weighted by molar-refractivity contribution is 0.289. The molecule has 0 saturated heterocycles. The SMILES string of the molecule is Cc1c(COc2ccc(NC=C(C#N)c3nn[nH]n3)cc2F)cnn1C. The zero-order valence-electron chi connectivity index (χ0n) is 14.1. The normalized spacial score (nSPS) is 11.2. The van der Waals surface area contributed by atoms with Gasteiger partial charge in [-0.2, -0.15) is 15.6 Å². The molecule has 0 aliphatic carbocycles. The minimum Gasteiger partial charge on any atom is -0.486 e. The summed E-state index contributed by atoms with van der Waals surface area (Å²) in [5, 5.41) is 29.1. The molecule has 0 spiro atoms. The summed E-state index contributed by atoms with van der Waals surface area (Å²) in [5.41, 5.74) is 2.45. The number of nitrogens with zero attached hydrogens (tertiary/aromatic N) is 6. The van der Waals surface area contributed by atoms with Crippen molar-refractivity contribution in [2.75, 3.05) is 5.32 Å². The number of H-pyrrole nitrogens is 1. The van der Waals surface area contributed by atoms with E-state index in [0.29, 0.717) is 5.69 Å². The molecule has 9 nitrogen and oxygen atoms in total. The van der Waals surface area contributed by atoms with Crippen molar-refractivity contribution in [1.29, 1.82) is 5.26 Å².